The number of hydrogen-bond acceptors (Lipinski definition) is 7. The van der Waals surface area contributed by atoms with E-state index in [0.29, 0.717) is 16.4 Å². The van der Waals surface area contributed by atoms with Crippen molar-refractivity contribution in [2.75, 3.05) is 5.32 Å². The molecule has 0 unspecified atom stereocenters. The molecule has 12 heteroatoms. The minimum atomic E-state index is -4.75. The number of nitrogens with zero attached hydrogens (tertiary/aromatic N) is 3. The van der Waals surface area contributed by atoms with Crippen molar-refractivity contribution in [2.45, 2.75) is 19.3 Å². The average molecular weight is 437 g/mol. The molecule has 30 heavy (non-hydrogen) atoms. The van der Waals surface area contributed by atoms with Crippen LogP contribution in [0.3, 0.4) is 0 Å². The van der Waals surface area contributed by atoms with Gasteiger partial charge in [-0.15, -0.1) is 24.5 Å². The fraction of sp³-hybridized carbons (Fsp3) is 0.167. The maximum absolute atomic E-state index is 12.1. The van der Waals surface area contributed by atoms with E-state index < -0.39 is 12.3 Å². The first-order valence-electron chi connectivity index (χ1n) is 8.43. The van der Waals surface area contributed by atoms with Gasteiger partial charge in [0.2, 0.25) is 11.7 Å². The van der Waals surface area contributed by atoms with Crippen LogP contribution in [0.2, 0.25) is 0 Å². The maximum Gasteiger partial charge on any atom is 0.573 e. The predicted molar refractivity (Wildman–Crippen MR) is 101 cm³/mol. The molecule has 0 aliphatic rings. The molecule has 2 amide bonds. The van der Waals surface area contributed by atoms with Gasteiger partial charge in [-0.3, -0.25) is 14.9 Å². The summed E-state index contributed by atoms with van der Waals surface area (Å²) in [6, 6.07) is 6.76. The summed E-state index contributed by atoms with van der Waals surface area (Å²) in [5, 5.41) is 7.13. The summed E-state index contributed by atoms with van der Waals surface area (Å²) in [5.74, 6) is -1.19. The van der Waals surface area contributed by atoms with E-state index >= 15 is 0 Å². The van der Waals surface area contributed by atoms with E-state index in [2.05, 4.69) is 30.3 Å². The summed E-state index contributed by atoms with van der Waals surface area (Å²) < 4.78 is 40.2. The molecule has 0 saturated heterocycles. The Bertz CT molecular complexity index is 1010. The second-order valence-corrected chi connectivity index (χ2v) is 6.67. The lowest BCUT2D eigenvalue weighted by molar-refractivity contribution is -0.274. The maximum atomic E-state index is 12.1. The molecule has 0 aliphatic heterocycles. The number of benzene rings is 1. The van der Waals surface area contributed by atoms with Gasteiger partial charge in [0.15, 0.2) is 5.13 Å². The van der Waals surface area contributed by atoms with Crippen LogP contribution in [0.25, 0.3) is 0 Å². The quantitative estimate of drug-likeness (QED) is 0.589. The molecule has 3 aromatic rings. The monoisotopic (exact) mass is 437 g/mol. The molecule has 8 nitrogen and oxygen atoms in total. The molecule has 156 valence electrons. The third kappa shape index (κ3) is 6.51. The summed E-state index contributed by atoms with van der Waals surface area (Å²) in [4.78, 5) is 35.9. The number of thiazole rings is 1. The topological polar surface area (TPSA) is 106 Å². The standard InChI is InChI=1S/C18H14F3N5O3S/c19-18(20,21)29-13-4-2-11(3-5-13)9-24-14(27)8-12-10-30-17(25-12)26-16(28)15-22-6-1-7-23-15/h1-7,10H,8-9H2,(H,24,27)(H,25,26,28). The lowest BCUT2D eigenvalue weighted by Gasteiger charge is -2.09. The summed E-state index contributed by atoms with van der Waals surface area (Å²) in [6.45, 7) is 0.129. The number of carbonyl (C=O) groups is 2. The van der Waals surface area contributed by atoms with Gasteiger partial charge in [-0.2, -0.15) is 0 Å². The molecule has 0 atom stereocenters. The molecular formula is C18H14F3N5O3S. The molecule has 1 aromatic carbocycles. The summed E-state index contributed by atoms with van der Waals surface area (Å²) in [7, 11) is 0. The zero-order valence-corrected chi connectivity index (χ0v) is 16.0. The molecule has 2 N–H and O–H groups in total. The van der Waals surface area contributed by atoms with E-state index in [1.54, 1.807) is 11.4 Å². The Labute approximate surface area is 172 Å². The van der Waals surface area contributed by atoms with Gasteiger partial charge in [-0.25, -0.2) is 15.0 Å². The zero-order chi connectivity index (χ0) is 21.6. The van der Waals surface area contributed by atoms with Crippen LogP contribution in [0, 0.1) is 0 Å². The van der Waals surface area contributed by atoms with E-state index in [-0.39, 0.29) is 30.4 Å². The number of amides is 2. The highest BCUT2D eigenvalue weighted by atomic mass is 32.1. The van der Waals surface area contributed by atoms with Gasteiger partial charge < -0.3 is 10.1 Å². The summed E-state index contributed by atoms with van der Waals surface area (Å²) >= 11 is 1.15. The lowest BCUT2D eigenvalue weighted by atomic mass is 10.2. The van der Waals surface area contributed by atoms with Crippen molar-refractivity contribution in [3.8, 4) is 5.75 Å². The van der Waals surface area contributed by atoms with E-state index in [0.717, 1.165) is 11.3 Å². The number of ether oxygens (including phenoxy) is 1. The molecule has 3 rings (SSSR count). The van der Waals surface area contributed by atoms with E-state index in [1.807, 2.05) is 0 Å². The van der Waals surface area contributed by atoms with Crippen LogP contribution in [-0.2, 0) is 17.8 Å². The molecule has 2 aromatic heterocycles. The van der Waals surface area contributed by atoms with Crippen molar-refractivity contribution in [2.24, 2.45) is 0 Å². The van der Waals surface area contributed by atoms with Gasteiger partial charge in [0.25, 0.3) is 5.91 Å². The molecule has 2 heterocycles. The number of hydrogen-bond donors (Lipinski definition) is 2. The minimum absolute atomic E-state index is 0.00125. The van der Waals surface area contributed by atoms with Crippen LogP contribution in [0.1, 0.15) is 21.9 Å². The fourth-order valence-electron chi connectivity index (χ4n) is 2.25. The van der Waals surface area contributed by atoms with Crippen molar-refractivity contribution in [3.63, 3.8) is 0 Å². The lowest BCUT2D eigenvalue weighted by Crippen LogP contribution is -2.24. The van der Waals surface area contributed by atoms with Crippen LogP contribution in [-0.4, -0.2) is 33.1 Å². The highest BCUT2D eigenvalue weighted by molar-refractivity contribution is 7.14. The highest BCUT2D eigenvalue weighted by Crippen LogP contribution is 2.22. The van der Waals surface area contributed by atoms with Crippen molar-refractivity contribution in [1.82, 2.24) is 20.3 Å². The van der Waals surface area contributed by atoms with Crippen LogP contribution in [0.4, 0.5) is 18.3 Å². The molecule has 0 fully saturated rings. The second-order valence-electron chi connectivity index (χ2n) is 5.82. The van der Waals surface area contributed by atoms with E-state index in [9.17, 15) is 22.8 Å². The van der Waals surface area contributed by atoms with Crippen LogP contribution in [0.15, 0.2) is 48.1 Å². The summed E-state index contributed by atoms with van der Waals surface area (Å²) in [6.07, 6.45) is -1.90. The Morgan fingerprint density at radius 2 is 1.80 bits per heavy atom. The zero-order valence-electron chi connectivity index (χ0n) is 15.1. The summed E-state index contributed by atoms with van der Waals surface area (Å²) in [5.41, 5.74) is 1.06. The number of carbonyl (C=O) groups excluding carboxylic acids is 2. The van der Waals surface area contributed by atoms with Gasteiger partial charge in [0.1, 0.15) is 5.75 Å². The largest absolute Gasteiger partial charge is 0.573 e. The van der Waals surface area contributed by atoms with Crippen molar-refractivity contribution < 1.29 is 27.5 Å². The Kier molecular flexibility index (Phi) is 6.57. The first-order valence-corrected chi connectivity index (χ1v) is 9.30. The third-order valence-corrected chi connectivity index (χ3v) is 4.34. The van der Waals surface area contributed by atoms with E-state index in [1.165, 1.54) is 36.7 Å². The number of alkyl halides is 3. The van der Waals surface area contributed by atoms with Crippen molar-refractivity contribution >= 4 is 28.3 Å². The average Bonchev–Trinajstić information content (AvgIpc) is 3.13. The molecule has 0 bridgehead atoms. The van der Waals surface area contributed by atoms with Gasteiger partial charge in [0.05, 0.1) is 12.1 Å². The number of halogens is 3. The smallest absolute Gasteiger partial charge is 0.406 e. The van der Waals surface area contributed by atoms with Crippen LogP contribution >= 0.6 is 11.3 Å². The van der Waals surface area contributed by atoms with Crippen LogP contribution < -0.4 is 15.4 Å². The van der Waals surface area contributed by atoms with Gasteiger partial charge in [0, 0.05) is 24.3 Å². The first kappa shape index (κ1) is 21.2. The Morgan fingerprint density at radius 3 is 2.47 bits per heavy atom. The molecule has 0 spiro atoms. The van der Waals surface area contributed by atoms with E-state index in [4.69, 9.17) is 0 Å². The molecule has 0 radical (unpaired) electrons. The number of anilines is 1. The Hall–Kier alpha value is -3.54. The molecule has 0 aliphatic carbocycles. The van der Waals surface area contributed by atoms with Gasteiger partial charge >= 0.3 is 6.36 Å². The first-order chi connectivity index (χ1) is 14.3. The molecule has 0 saturated carbocycles. The Morgan fingerprint density at radius 1 is 1.10 bits per heavy atom. The molecular weight excluding hydrogens is 423 g/mol. The number of aromatic nitrogens is 3. The number of nitrogens with one attached hydrogen (secondary N) is 2. The van der Waals surface area contributed by atoms with Crippen molar-refractivity contribution in [1.29, 1.82) is 0 Å². The van der Waals surface area contributed by atoms with Gasteiger partial charge in [-0.1, -0.05) is 12.1 Å². The fourth-order valence-corrected chi connectivity index (χ4v) is 2.96. The Balaban J connectivity index is 1.47. The van der Waals surface area contributed by atoms with Crippen molar-refractivity contribution in [3.05, 3.63) is 65.2 Å². The SMILES string of the molecule is O=C(Cc1csc(NC(=O)c2ncccn2)n1)NCc1ccc(OC(F)(F)F)cc1. The highest BCUT2D eigenvalue weighted by Gasteiger charge is 2.30. The van der Waals surface area contributed by atoms with Gasteiger partial charge in [-0.05, 0) is 23.8 Å². The second kappa shape index (κ2) is 9.31. The number of rotatable bonds is 7. The third-order valence-electron chi connectivity index (χ3n) is 3.53. The predicted octanol–water partition coefficient (Wildman–Crippen LogP) is 2.94. The minimum Gasteiger partial charge on any atom is -0.406 e. The normalized spacial score (nSPS) is 11.0. The van der Waals surface area contributed by atoms with Crippen LogP contribution in [0.5, 0.6) is 5.75 Å².